The van der Waals surface area contributed by atoms with Crippen LogP contribution in [0.5, 0.6) is 0 Å². The molecule has 29 heavy (non-hydrogen) atoms. The number of aromatic nitrogens is 3. The van der Waals surface area contributed by atoms with Gasteiger partial charge < -0.3 is 9.42 Å². The zero-order valence-electron chi connectivity index (χ0n) is 16.6. The van der Waals surface area contributed by atoms with Crippen molar-refractivity contribution in [1.82, 2.24) is 24.9 Å². The molecule has 1 atom stereocenters. The summed E-state index contributed by atoms with van der Waals surface area (Å²) in [6.07, 6.45) is 4.32. The molecule has 0 bridgehead atoms. The summed E-state index contributed by atoms with van der Waals surface area (Å²) in [5.41, 5.74) is 2.70. The lowest BCUT2D eigenvalue weighted by Gasteiger charge is -2.48. The minimum Gasteiger partial charge on any atom is -0.337 e. The van der Waals surface area contributed by atoms with E-state index in [1.165, 1.54) is 0 Å². The van der Waals surface area contributed by atoms with Gasteiger partial charge in [-0.3, -0.25) is 14.7 Å². The molecule has 2 aliphatic heterocycles. The number of pyridine rings is 1. The highest BCUT2D eigenvalue weighted by Crippen LogP contribution is 2.47. The zero-order chi connectivity index (χ0) is 20.0. The predicted octanol–water partition coefficient (Wildman–Crippen LogP) is 2.96. The Morgan fingerprint density at radius 3 is 2.72 bits per heavy atom. The first-order valence-corrected chi connectivity index (χ1v) is 9.83. The standard InChI is InChI=1S/C22H23N5O2/c1-15-8-17(11-23-10-15)21(28)27-13-22(14-27)9-18(26(2)12-22)20-24-19(25-29-20)16-6-4-3-5-7-16/h3-8,10-11,18H,9,12-14H2,1-2H3. The van der Waals surface area contributed by atoms with Gasteiger partial charge in [-0.15, -0.1) is 0 Å². The van der Waals surface area contributed by atoms with Crippen LogP contribution in [0.4, 0.5) is 0 Å². The average Bonchev–Trinajstić information content (AvgIpc) is 3.32. The number of amides is 1. The van der Waals surface area contributed by atoms with E-state index < -0.39 is 0 Å². The highest BCUT2D eigenvalue weighted by Gasteiger charge is 2.53. The maximum atomic E-state index is 12.7. The van der Waals surface area contributed by atoms with Gasteiger partial charge in [0.15, 0.2) is 0 Å². The molecule has 2 saturated heterocycles. The van der Waals surface area contributed by atoms with Gasteiger partial charge >= 0.3 is 0 Å². The SMILES string of the molecule is Cc1cncc(C(=O)N2CC3(CC(c4nc(-c5ccccc5)no4)N(C)C3)C2)c1. The molecule has 5 rings (SSSR count). The second kappa shape index (κ2) is 6.77. The second-order valence-electron chi connectivity index (χ2n) is 8.37. The van der Waals surface area contributed by atoms with E-state index in [1.54, 1.807) is 12.4 Å². The molecular formula is C22H23N5O2. The van der Waals surface area contributed by atoms with Gasteiger partial charge in [0, 0.05) is 43.0 Å². The van der Waals surface area contributed by atoms with Crippen molar-refractivity contribution in [2.24, 2.45) is 5.41 Å². The van der Waals surface area contributed by atoms with Gasteiger partial charge in [-0.2, -0.15) is 4.98 Å². The van der Waals surface area contributed by atoms with Crippen LogP contribution in [0.25, 0.3) is 11.4 Å². The monoisotopic (exact) mass is 389 g/mol. The first-order valence-electron chi connectivity index (χ1n) is 9.83. The van der Waals surface area contributed by atoms with Gasteiger partial charge in [-0.05, 0) is 32.0 Å². The van der Waals surface area contributed by atoms with Crippen molar-refractivity contribution >= 4 is 5.91 Å². The van der Waals surface area contributed by atoms with Crippen LogP contribution in [-0.4, -0.2) is 57.5 Å². The van der Waals surface area contributed by atoms with Gasteiger partial charge in [0.1, 0.15) is 0 Å². The molecule has 7 heteroatoms. The molecule has 1 amide bonds. The average molecular weight is 389 g/mol. The molecule has 0 aliphatic carbocycles. The van der Waals surface area contributed by atoms with E-state index >= 15 is 0 Å². The lowest BCUT2D eigenvalue weighted by atomic mass is 9.77. The summed E-state index contributed by atoms with van der Waals surface area (Å²) < 4.78 is 5.60. The molecule has 0 N–H and O–H groups in total. The number of carbonyl (C=O) groups is 1. The molecule has 0 saturated carbocycles. The van der Waals surface area contributed by atoms with Crippen molar-refractivity contribution in [3.8, 4) is 11.4 Å². The number of benzene rings is 1. The molecule has 4 heterocycles. The van der Waals surface area contributed by atoms with Crippen molar-refractivity contribution in [3.05, 3.63) is 65.8 Å². The quantitative estimate of drug-likeness (QED) is 0.686. The number of likely N-dealkylation sites (tertiary alicyclic amines) is 2. The number of rotatable bonds is 3. The topological polar surface area (TPSA) is 75.4 Å². The third-order valence-corrected chi connectivity index (χ3v) is 5.96. The third kappa shape index (κ3) is 3.21. The summed E-state index contributed by atoms with van der Waals surface area (Å²) in [4.78, 5) is 25.7. The summed E-state index contributed by atoms with van der Waals surface area (Å²) in [5.74, 6) is 1.32. The molecular weight excluding hydrogens is 366 g/mol. The molecule has 3 aromatic rings. The molecule has 2 aromatic heterocycles. The normalized spacial score (nSPS) is 20.8. The van der Waals surface area contributed by atoms with Crippen LogP contribution in [0.1, 0.15) is 34.3 Å². The van der Waals surface area contributed by atoms with Crippen LogP contribution >= 0.6 is 0 Å². The van der Waals surface area contributed by atoms with Crippen molar-refractivity contribution in [3.63, 3.8) is 0 Å². The van der Waals surface area contributed by atoms with Crippen LogP contribution < -0.4 is 0 Å². The van der Waals surface area contributed by atoms with E-state index in [4.69, 9.17) is 4.52 Å². The Morgan fingerprint density at radius 2 is 1.97 bits per heavy atom. The van der Waals surface area contributed by atoms with Gasteiger partial charge in [0.05, 0.1) is 11.6 Å². The Hall–Kier alpha value is -3.06. The molecule has 1 unspecified atom stereocenters. The Labute approximate surface area is 169 Å². The van der Waals surface area contributed by atoms with Crippen molar-refractivity contribution in [2.75, 3.05) is 26.7 Å². The number of nitrogens with zero attached hydrogens (tertiary/aromatic N) is 5. The van der Waals surface area contributed by atoms with E-state index in [0.717, 1.165) is 37.2 Å². The van der Waals surface area contributed by atoms with Gasteiger partial charge in [0.25, 0.3) is 5.91 Å². The molecule has 2 fully saturated rings. The lowest BCUT2D eigenvalue weighted by molar-refractivity contribution is 0.0114. The lowest BCUT2D eigenvalue weighted by Crippen LogP contribution is -2.59. The predicted molar refractivity (Wildman–Crippen MR) is 107 cm³/mol. The van der Waals surface area contributed by atoms with Crippen molar-refractivity contribution < 1.29 is 9.32 Å². The summed E-state index contributed by atoms with van der Waals surface area (Å²) in [6.45, 7) is 4.36. The number of hydrogen-bond donors (Lipinski definition) is 0. The van der Waals surface area contributed by atoms with Crippen LogP contribution in [0.3, 0.4) is 0 Å². The number of carbonyl (C=O) groups excluding carboxylic acids is 1. The highest BCUT2D eigenvalue weighted by atomic mass is 16.5. The maximum Gasteiger partial charge on any atom is 0.255 e. The smallest absolute Gasteiger partial charge is 0.255 e. The Kier molecular flexibility index (Phi) is 4.20. The number of aryl methyl sites for hydroxylation is 1. The first-order chi connectivity index (χ1) is 14.0. The fraction of sp³-hybridized carbons (Fsp3) is 0.364. The second-order valence-corrected chi connectivity index (χ2v) is 8.37. The minimum absolute atomic E-state index is 0.0575. The molecule has 1 aromatic carbocycles. The molecule has 0 radical (unpaired) electrons. The number of hydrogen-bond acceptors (Lipinski definition) is 6. The third-order valence-electron chi connectivity index (χ3n) is 5.96. The fourth-order valence-corrected chi connectivity index (χ4v) is 4.61. The molecule has 1 spiro atoms. The van der Waals surface area contributed by atoms with E-state index in [0.29, 0.717) is 17.3 Å². The van der Waals surface area contributed by atoms with Gasteiger partial charge in [-0.25, -0.2) is 0 Å². The molecule has 7 nitrogen and oxygen atoms in total. The largest absolute Gasteiger partial charge is 0.337 e. The Balaban J connectivity index is 1.28. The zero-order valence-corrected chi connectivity index (χ0v) is 16.6. The van der Waals surface area contributed by atoms with Gasteiger partial charge in [-0.1, -0.05) is 35.5 Å². The van der Waals surface area contributed by atoms with E-state index in [2.05, 4.69) is 27.1 Å². The molecule has 2 aliphatic rings. The fourth-order valence-electron chi connectivity index (χ4n) is 4.61. The van der Waals surface area contributed by atoms with Gasteiger partial charge in [0.2, 0.25) is 11.7 Å². The van der Waals surface area contributed by atoms with Crippen molar-refractivity contribution in [2.45, 2.75) is 19.4 Å². The summed E-state index contributed by atoms with van der Waals surface area (Å²) >= 11 is 0. The highest BCUT2D eigenvalue weighted by molar-refractivity contribution is 5.94. The van der Waals surface area contributed by atoms with Crippen LogP contribution in [0.2, 0.25) is 0 Å². The van der Waals surface area contributed by atoms with Crippen LogP contribution in [0, 0.1) is 12.3 Å². The van der Waals surface area contributed by atoms with Crippen LogP contribution in [0.15, 0.2) is 53.3 Å². The van der Waals surface area contributed by atoms with Crippen molar-refractivity contribution in [1.29, 1.82) is 0 Å². The Bertz CT molecular complexity index is 1040. The molecule has 148 valence electrons. The van der Waals surface area contributed by atoms with Crippen LogP contribution in [-0.2, 0) is 0 Å². The summed E-state index contributed by atoms with van der Waals surface area (Å²) in [5, 5.41) is 4.16. The van der Waals surface area contributed by atoms with E-state index in [-0.39, 0.29) is 17.4 Å². The summed E-state index contributed by atoms with van der Waals surface area (Å²) in [7, 11) is 2.08. The first kappa shape index (κ1) is 18.0. The summed E-state index contributed by atoms with van der Waals surface area (Å²) in [6, 6.07) is 11.8. The van der Waals surface area contributed by atoms with E-state index in [9.17, 15) is 4.79 Å². The Morgan fingerprint density at radius 1 is 1.17 bits per heavy atom. The van der Waals surface area contributed by atoms with E-state index in [1.807, 2.05) is 48.2 Å². The minimum atomic E-state index is 0.0575. The maximum absolute atomic E-state index is 12.7.